The number of carbonyl (C=O) groups excluding carboxylic acids is 1. The Balaban J connectivity index is 1.52. The predicted octanol–water partition coefficient (Wildman–Crippen LogP) is 3.13. The summed E-state index contributed by atoms with van der Waals surface area (Å²) in [5.41, 5.74) is 1.08. The fraction of sp³-hybridized carbons (Fsp3) is 0.526. The number of benzene rings is 1. The van der Waals surface area contributed by atoms with Crippen molar-refractivity contribution >= 4 is 23.7 Å². The van der Waals surface area contributed by atoms with Crippen LogP contribution in [0.15, 0.2) is 36.4 Å². The third-order valence-corrected chi connectivity index (χ3v) is 5.82. The summed E-state index contributed by atoms with van der Waals surface area (Å²) in [7, 11) is 0. The molecule has 2 saturated heterocycles. The third-order valence-electron chi connectivity index (χ3n) is 4.77. The average Bonchev–Trinajstić information content (AvgIpc) is 2.87. The maximum absolute atomic E-state index is 12.4. The van der Waals surface area contributed by atoms with Crippen molar-refractivity contribution in [1.82, 2.24) is 9.80 Å². The number of hydrogen-bond acceptors (Lipinski definition) is 3. The Labute approximate surface area is 143 Å². The monoisotopic (exact) mass is 330 g/mol. The van der Waals surface area contributed by atoms with E-state index in [9.17, 15) is 4.79 Å². The molecule has 0 atom stereocenters. The summed E-state index contributed by atoms with van der Waals surface area (Å²) in [4.78, 5) is 17.1. The van der Waals surface area contributed by atoms with Crippen LogP contribution in [0.3, 0.4) is 0 Å². The van der Waals surface area contributed by atoms with Crippen LogP contribution in [0.1, 0.15) is 24.8 Å². The Hall–Kier alpha value is -1.26. The Morgan fingerprint density at radius 2 is 1.83 bits per heavy atom. The van der Waals surface area contributed by atoms with Crippen LogP contribution in [0.5, 0.6) is 0 Å². The molecule has 4 heteroatoms. The molecule has 1 amide bonds. The van der Waals surface area contributed by atoms with Crippen molar-refractivity contribution in [3.63, 3.8) is 0 Å². The topological polar surface area (TPSA) is 23.6 Å². The second-order valence-electron chi connectivity index (χ2n) is 6.30. The molecule has 2 fully saturated rings. The quantitative estimate of drug-likeness (QED) is 0.796. The van der Waals surface area contributed by atoms with Gasteiger partial charge in [-0.1, -0.05) is 30.3 Å². The summed E-state index contributed by atoms with van der Waals surface area (Å²) in [6, 6.07) is 10.8. The van der Waals surface area contributed by atoms with E-state index in [2.05, 4.69) is 16.7 Å². The van der Waals surface area contributed by atoms with Crippen LogP contribution in [0.4, 0.5) is 0 Å². The SMILES string of the molecule is O=C(/C=C/c1ccccc1)N1CCCN(C2CCSCC2)CC1. The van der Waals surface area contributed by atoms with E-state index in [0.717, 1.165) is 44.2 Å². The normalized spacial score (nSPS) is 21.5. The minimum atomic E-state index is 0.148. The zero-order valence-electron chi connectivity index (χ0n) is 13.7. The lowest BCUT2D eigenvalue weighted by molar-refractivity contribution is -0.125. The number of thioether (sulfide) groups is 1. The van der Waals surface area contributed by atoms with Crippen LogP contribution < -0.4 is 0 Å². The second kappa shape index (κ2) is 8.55. The van der Waals surface area contributed by atoms with E-state index in [0.29, 0.717) is 0 Å². The number of rotatable bonds is 3. The van der Waals surface area contributed by atoms with Crippen molar-refractivity contribution in [2.24, 2.45) is 0 Å². The Bertz CT molecular complexity index is 525. The Kier molecular flexibility index (Phi) is 6.17. The zero-order chi connectivity index (χ0) is 15.9. The molecule has 0 unspecified atom stereocenters. The van der Waals surface area contributed by atoms with Crippen LogP contribution in [0, 0.1) is 0 Å². The van der Waals surface area contributed by atoms with Gasteiger partial charge in [-0.15, -0.1) is 0 Å². The van der Waals surface area contributed by atoms with E-state index in [-0.39, 0.29) is 5.91 Å². The minimum Gasteiger partial charge on any atom is -0.338 e. The zero-order valence-corrected chi connectivity index (χ0v) is 14.5. The van der Waals surface area contributed by atoms with Crippen LogP contribution in [0.2, 0.25) is 0 Å². The first kappa shape index (κ1) is 16.6. The molecule has 23 heavy (non-hydrogen) atoms. The van der Waals surface area contributed by atoms with E-state index in [1.54, 1.807) is 6.08 Å². The molecule has 3 rings (SSSR count). The molecule has 1 aromatic rings. The van der Waals surface area contributed by atoms with E-state index in [1.165, 1.54) is 24.3 Å². The molecule has 2 aliphatic heterocycles. The minimum absolute atomic E-state index is 0.148. The van der Waals surface area contributed by atoms with Crippen molar-refractivity contribution < 1.29 is 4.79 Å². The maximum Gasteiger partial charge on any atom is 0.246 e. The molecule has 0 bridgehead atoms. The highest BCUT2D eigenvalue weighted by molar-refractivity contribution is 7.99. The standard InChI is InChI=1S/C19H26N2OS/c22-19(8-7-17-5-2-1-3-6-17)21-12-4-11-20(13-14-21)18-9-15-23-16-10-18/h1-3,5-8,18H,4,9-16H2/b8-7+. The van der Waals surface area contributed by atoms with E-state index in [1.807, 2.05) is 41.3 Å². The van der Waals surface area contributed by atoms with Gasteiger partial charge in [-0.3, -0.25) is 9.69 Å². The molecule has 0 aliphatic carbocycles. The van der Waals surface area contributed by atoms with Gasteiger partial charge in [0, 0.05) is 38.3 Å². The lowest BCUT2D eigenvalue weighted by Crippen LogP contribution is -2.41. The van der Waals surface area contributed by atoms with Crippen molar-refractivity contribution in [1.29, 1.82) is 0 Å². The van der Waals surface area contributed by atoms with Gasteiger partial charge in [0.1, 0.15) is 0 Å². The summed E-state index contributed by atoms with van der Waals surface area (Å²) >= 11 is 2.08. The molecule has 0 saturated carbocycles. The van der Waals surface area contributed by atoms with Gasteiger partial charge in [0.15, 0.2) is 0 Å². The molecule has 0 N–H and O–H groups in total. The first-order chi connectivity index (χ1) is 11.3. The number of carbonyl (C=O) groups is 1. The van der Waals surface area contributed by atoms with E-state index >= 15 is 0 Å². The van der Waals surface area contributed by atoms with Gasteiger partial charge in [0.25, 0.3) is 0 Å². The van der Waals surface area contributed by atoms with Gasteiger partial charge in [-0.05, 0) is 42.4 Å². The van der Waals surface area contributed by atoms with Crippen LogP contribution in [-0.4, -0.2) is 59.4 Å². The van der Waals surface area contributed by atoms with Crippen LogP contribution in [-0.2, 0) is 4.79 Å². The van der Waals surface area contributed by atoms with Crippen molar-refractivity contribution in [3.8, 4) is 0 Å². The summed E-state index contributed by atoms with van der Waals surface area (Å²) in [5, 5.41) is 0. The van der Waals surface area contributed by atoms with Crippen molar-refractivity contribution in [3.05, 3.63) is 42.0 Å². The number of hydrogen-bond donors (Lipinski definition) is 0. The highest BCUT2D eigenvalue weighted by Crippen LogP contribution is 2.22. The molecule has 0 spiro atoms. The molecule has 1 aromatic carbocycles. The molecule has 2 heterocycles. The number of amides is 1. The summed E-state index contributed by atoms with van der Waals surface area (Å²) < 4.78 is 0. The summed E-state index contributed by atoms with van der Waals surface area (Å²) in [5.74, 6) is 2.74. The molecule has 0 radical (unpaired) electrons. The summed E-state index contributed by atoms with van der Waals surface area (Å²) in [6.07, 6.45) is 7.36. The molecule has 124 valence electrons. The lowest BCUT2D eigenvalue weighted by atomic mass is 10.1. The molecule has 2 aliphatic rings. The van der Waals surface area contributed by atoms with Gasteiger partial charge < -0.3 is 4.90 Å². The van der Waals surface area contributed by atoms with E-state index < -0.39 is 0 Å². The van der Waals surface area contributed by atoms with Gasteiger partial charge >= 0.3 is 0 Å². The fourth-order valence-corrected chi connectivity index (χ4v) is 4.49. The fourth-order valence-electron chi connectivity index (χ4n) is 3.41. The van der Waals surface area contributed by atoms with Crippen LogP contribution >= 0.6 is 11.8 Å². The first-order valence-electron chi connectivity index (χ1n) is 8.67. The van der Waals surface area contributed by atoms with E-state index in [4.69, 9.17) is 0 Å². The van der Waals surface area contributed by atoms with Gasteiger partial charge in [-0.2, -0.15) is 11.8 Å². The van der Waals surface area contributed by atoms with Gasteiger partial charge in [0.2, 0.25) is 5.91 Å². The van der Waals surface area contributed by atoms with Gasteiger partial charge in [-0.25, -0.2) is 0 Å². The average molecular weight is 330 g/mol. The molecular weight excluding hydrogens is 304 g/mol. The summed E-state index contributed by atoms with van der Waals surface area (Å²) in [6.45, 7) is 3.92. The number of nitrogens with zero attached hydrogens (tertiary/aromatic N) is 2. The Morgan fingerprint density at radius 3 is 2.61 bits per heavy atom. The molecule has 0 aromatic heterocycles. The third kappa shape index (κ3) is 4.85. The smallest absolute Gasteiger partial charge is 0.246 e. The lowest BCUT2D eigenvalue weighted by Gasteiger charge is -2.33. The Morgan fingerprint density at radius 1 is 1.04 bits per heavy atom. The maximum atomic E-state index is 12.4. The molecular formula is C19H26N2OS. The highest BCUT2D eigenvalue weighted by Gasteiger charge is 2.24. The first-order valence-corrected chi connectivity index (χ1v) is 9.82. The van der Waals surface area contributed by atoms with Crippen molar-refractivity contribution in [2.45, 2.75) is 25.3 Å². The van der Waals surface area contributed by atoms with Gasteiger partial charge in [0.05, 0.1) is 0 Å². The predicted molar refractivity (Wildman–Crippen MR) is 98.6 cm³/mol. The van der Waals surface area contributed by atoms with Crippen molar-refractivity contribution in [2.75, 3.05) is 37.7 Å². The molecule has 3 nitrogen and oxygen atoms in total. The highest BCUT2D eigenvalue weighted by atomic mass is 32.2. The van der Waals surface area contributed by atoms with Crippen LogP contribution in [0.25, 0.3) is 6.08 Å². The largest absolute Gasteiger partial charge is 0.338 e. The second-order valence-corrected chi connectivity index (χ2v) is 7.53.